The highest BCUT2D eigenvalue weighted by atomic mass is 16.5. The maximum Gasteiger partial charge on any atom is 0.325 e. The third-order valence-corrected chi connectivity index (χ3v) is 6.14. The van der Waals surface area contributed by atoms with Crippen molar-refractivity contribution in [3.05, 3.63) is 60.0 Å². The van der Waals surface area contributed by atoms with E-state index < -0.39 is 18.0 Å². The van der Waals surface area contributed by atoms with Crippen LogP contribution in [0.25, 0.3) is 10.9 Å². The molecule has 2 N–H and O–H groups in total. The first-order chi connectivity index (χ1) is 16.0. The Hall–Kier alpha value is -3.43. The van der Waals surface area contributed by atoms with E-state index >= 15 is 0 Å². The number of pyridine rings is 1. The SMILES string of the molecule is COc1ccc2c(c1)c(C(C(=O)O)N1CCN(Cc3ccncc3)CC1)cn2CCC(=O)O. The van der Waals surface area contributed by atoms with Crippen LogP contribution in [0.2, 0.25) is 0 Å². The van der Waals surface area contributed by atoms with Gasteiger partial charge in [-0.2, -0.15) is 0 Å². The van der Waals surface area contributed by atoms with Gasteiger partial charge in [-0.05, 0) is 35.9 Å². The zero-order valence-electron chi connectivity index (χ0n) is 18.6. The lowest BCUT2D eigenvalue weighted by Gasteiger charge is -2.37. The Morgan fingerprint density at radius 1 is 1.09 bits per heavy atom. The fraction of sp³-hybridized carbons (Fsp3) is 0.375. The molecule has 9 heteroatoms. The van der Waals surface area contributed by atoms with Gasteiger partial charge in [-0.3, -0.25) is 24.4 Å². The summed E-state index contributed by atoms with van der Waals surface area (Å²) >= 11 is 0. The lowest BCUT2D eigenvalue weighted by atomic mass is 10.0. The van der Waals surface area contributed by atoms with E-state index in [9.17, 15) is 14.7 Å². The molecule has 1 unspecified atom stereocenters. The van der Waals surface area contributed by atoms with Crippen LogP contribution >= 0.6 is 0 Å². The van der Waals surface area contributed by atoms with Crippen LogP contribution in [0, 0.1) is 0 Å². The van der Waals surface area contributed by atoms with E-state index in [1.165, 1.54) is 5.56 Å². The number of rotatable bonds is 9. The molecule has 174 valence electrons. The monoisotopic (exact) mass is 452 g/mol. The molecule has 3 heterocycles. The maximum absolute atomic E-state index is 12.4. The molecule has 1 aliphatic rings. The molecule has 1 aromatic carbocycles. The molecular formula is C24H28N4O5. The minimum atomic E-state index is -0.919. The van der Waals surface area contributed by atoms with Crippen LogP contribution in [0.4, 0.5) is 0 Å². The molecule has 4 rings (SSSR count). The summed E-state index contributed by atoms with van der Waals surface area (Å²) in [5, 5.41) is 20.1. The fourth-order valence-corrected chi connectivity index (χ4v) is 4.46. The number of fused-ring (bicyclic) bond motifs is 1. The number of carbonyl (C=O) groups is 2. The lowest BCUT2D eigenvalue weighted by molar-refractivity contribution is -0.144. The van der Waals surface area contributed by atoms with Crippen molar-refractivity contribution in [2.75, 3.05) is 33.3 Å². The lowest BCUT2D eigenvalue weighted by Crippen LogP contribution is -2.48. The van der Waals surface area contributed by atoms with Crippen molar-refractivity contribution in [2.24, 2.45) is 0 Å². The molecule has 1 saturated heterocycles. The van der Waals surface area contributed by atoms with E-state index in [0.29, 0.717) is 24.4 Å². The van der Waals surface area contributed by atoms with Gasteiger partial charge in [-0.15, -0.1) is 0 Å². The summed E-state index contributed by atoms with van der Waals surface area (Å²) in [5.74, 6) is -1.18. The highest BCUT2D eigenvalue weighted by Crippen LogP contribution is 2.34. The molecule has 2 aromatic heterocycles. The van der Waals surface area contributed by atoms with Gasteiger partial charge in [0, 0.05) is 74.3 Å². The zero-order chi connectivity index (χ0) is 23.4. The Balaban J connectivity index is 1.59. The van der Waals surface area contributed by atoms with E-state index in [0.717, 1.165) is 30.5 Å². The highest BCUT2D eigenvalue weighted by Gasteiger charge is 2.33. The first kappa shape index (κ1) is 22.8. The average molecular weight is 453 g/mol. The number of benzene rings is 1. The van der Waals surface area contributed by atoms with Gasteiger partial charge in [0.2, 0.25) is 0 Å². The molecule has 0 radical (unpaired) electrons. The highest BCUT2D eigenvalue weighted by molar-refractivity contribution is 5.90. The number of ether oxygens (including phenoxy) is 1. The number of aryl methyl sites for hydroxylation is 1. The van der Waals surface area contributed by atoms with Crippen LogP contribution in [0.3, 0.4) is 0 Å². The standard InChI is InChI=1S/C24H28N4O5/c1-33-18-2-3-21-19(14-18)20(16-28(21)9-6-22(29)30)23(24(31)32)27-12-10-26(11-13-27)15-17-4-7-25-8-5-17/h2-5,7-8,14,16,23H,6,9-13,15H2,1H3,(H,29,30)(H,31,32). The Kier molecular flexibility index (Phi) is 6.90. The molecule has 0 bridgehead atoms. The minimum Gasteiger partial charge on any atom is -0.497 e. The Bertz CT molecular complexity index is 1120. The molecule has 1 aliphatic heterocycles. The van der Waals surface area contributed by atoms with E-state index in [-0.39, 0.29) is 13.0 Å². The Labute approximate surface area is 191 Å². The summed E-state index contributed by atoms with van der Waals surface area (Å²) in [6.07, 6.45) is 5.30. The van der Waals surface area contributed by atoms with Crippen LogP contribution in [0.5, 0.6) is 5.75 Å². The zero-order valence-corrected chi connectivity index (χ0v) is 18.6. The summed E-state index contributed by atoms with van der Waals surface area (Å²) in [7, 11) is 1.57. The summed E-state index contributed by atoms with van der Waals surface area (Å²) in [4.78, 5) is 31.9. The Morgan fingerprint density at radius 2 is 1.82 bits per heavy atom. The molecule has 1 fully saturated rings. The van der Waals surface area contributed by atoms with Gasteiger partial charge >= 0.3 is 11.9 Å². The van der Waals surface area contributed by atoms with Crippen molar-refractivity contribution >= 4 is 22.8 Å². The number of piperazine rings is 1. The number of hydrogen-bond donors (Lipinski definition) is 2. The van der Waals surface area contributed by atoms with Gasteiger partial charge in [0.25, 0.3) is 0 Å². The van der Waals surface area contributed by atoms with Gasteiger partial charge in [0.1, 0.15) is 11.8 Å². The third kappa shape index (κ3) is 5.15. The van der Waals surface area contributed by atoms with Crippen LogP contribution in [-0.2, 0) is 22.7 Å². The normalized spacial score (nSPS) is 16.0. The smallest absolute Gasteiger partial charge is 0.325 e. The number of nitrogens with zero attached hydrogens (tertiary/aromatic N) is 4. The van der Waals surface area contributed by atoms with E-state index in [1.807, 2.05) is 33.7 Å². The molecule has 0 amide bonds. The van der Waals surface area contributed by atoms with Gasteiger partial charge in [0.15, 0.2) is 0 Å². The van der Waals surface area contributed by atoms with Crippen molar-refractivity contribution in [1.82, 2.24) is 19.4 Å². The van der Waals surface area contributed by atoms with Crippen LogP contribution < -0.4 is 4.74 Å². The largest absolute Gasteiger partial charge is 0.497 e. The molecule has 0 aliphatic carbocycles. The van der Waals surface area contributed by atoms with Crippen molar-refractivity contribution in [1.29, 1.82) is 0 Å². The van der Waals surface area contributed by atoms with Crippen molar-refractivity contribution in [3.63, 3.8) is 0 Å². The quantitative estimate of drug-likeness (QED) is 0.510. The first-order valence-corrected chi connectivity index (χ1v) is 10.9. The molecule has 33 heavy (non-hydrogen) atoms. The van der Waals surface area contributed by atoms with Gasteiger partial charge in [0.05, 0.1) is 13.5 Å². The number of carboxylic acid groups (broad SMARTS) is 2. The van der Waals surface area contributed by atoms with Crippen molar-refractivity contribution in [3.8, 4) is 5.75 Å². The fourth-order valence-electron chi connectivity index (χ4n) is 4.46. The topological polar surface area (TPSA) is 108 Å². The second-order valence-corrected chi connectivity index (χ2v) is 8.21. The van der Waals surface area contributed by atoms with Crippen LogP contribution in [-0.4, -0.2) is 74.8 Å². The molecule has 1 atom stereocenters. The molecule has 9 nitrogen and oxygen atoms in total. The number of aliphatic carboxylic acids is 2. The Morgan fingerprint density at radius 3 is 2.45 bits per heavy atom. The van der Waals surface area contributed by atoms with Gasteiger partial charge in [-0.25, -0.2) is 0 Å². The number of aromatic nitrogens is 2. The van der Waals surface area contributed by atoms with Crippen molar-refractivity contribution < 1.29 is 24.5 Å². The second kappa shape index (κ2) is 10.0. The summed E-state index contributed by atoms with van der Waals surface area (Å²) < 4.78 is 7.19. The van der Waals surface area contributed by atoms with Crippen LogP contribution in [0.1, 0.15) is 23.6 Å². The number of methoxy groups -OCH3 is 1. The van der Waals surface area contributed by atoms with E-state index in [1.54, 1.807) is 31.8 Å². The summed E-state index contributed by atoms with van der Waals surface area (Å²) in [6.45, 7) is 3.83. The molecule has 0 saturated carbocycles. The van der Waals surface area contributed by atoms with Gasteiger partial charge < -0.3 is 19.5 Å². The third-order valence-electron chi connectivity index (χ3n) is 6.14. The molecular weight excluding hydrogens is 424 g/mol. The van der Waals surface area contributed by atoms with Crippen LogP contribution in [0.15, 0.2) is 48.9 Å². The van der Waals surface area contributed by atoms with Gasteiger partial charge in [-0.1, -0.05) is 0 Å². The number of carboxylic acids is 2. The maximum atomic E-state index is 12.4. The molecule has 0 spiro atoms. The second-order valence-electron chi connectivity index (χ2n) is 8.21. The number of hydrogen-bond acceptors (Lipinski definition) is 6. The summed E-state index contributed by atoms with van der Waals surface area (Å²) in [5.41, 5.74) is 2.64. The predicted octanol–water partition coefficient (Wildman–Crippen LogP) is 2.46. The predicted molar refractivity (Wildman–Crippen MR) is 122 cm³/mol. The van der Waals surface area contributed by atoms with E-state index in [2.05, 4.69) is 9.88 Å². The van der Waals surface area contributed by atoms with E-state index in [4.69, 9.17) is 9.84 Å². The molecule has 3 aromatic rings. The average Bonchev–Trinajstić information content (AvgIpc) is 3.16. The minimum absolute atomic E-state index is 0.0410. The first-order valence-electron chi connectivity index (χ1n) is 10.9. The summed E-state index contributed by atoms with van der Waals surface area (Å²) in [6, 6.07) is 8.64. The van der Waals surface area contributed by atoms with Crippen molar-refractivity contribution in [2.45, 2.75) is 25.6 Å².